The van der Waals surface area contributed by atoms with Crippen LogP contribution in [0.25, 0.3) is 0 Å². The largest absolute Gasteiger partial charge is 0.396 e. The first-order valence-corrected chi connectivity index (χ1v) is 8.87. The van der Waals surface area contributed by atoms with Crippen molar-refractivity contribution in [2.75, 3.05) is 13.2 Å². The van der Waals surface area contributed by atoms with Crippen LogP contribution in [0.3, 0.4) is 0 Å². The minimum absolute atomic E-state index is 0.0429. The zero-order chi connectivity index (χ0) is 17.3. The number of fused-ring (bicyclic) bond motifs is 2. The van der Waals surface area contributed by atoms with E-state index in [1.165, 1.54) is 24.3 Å². The molecule has 2 aromatic rings. The molecule has 24 heavy (non-hydrogen) atoms. The van der Waals surface area contributed by atoms with Crippen molar-refractivity contribution in [1.82, 2.24) is 4.72 Å². The van der Waals surface area contributed by atoms with Gasteiger partial charge in [-0.2, -0.15) is 0 Å². The van der Waals surface area contributed by atoms with Gasteiger partial charge in [0.15, 0.2) is 11.6 Å². The maximum atomic E-state index is 12.8. The Morgan fingerprint density at radius 3 is 2.17 bits per heavy atom. The Kier molecular flexibility index (Phi) is 4.31. The lowest BCUT2D eigenvalue weighted by molar-refractivity contribution is 0.0976. The average molecular weight is 345 g/mol. The summed E-state index contributed by atoms with van der Waals surface area (Å²) in [4.78, 5) is 25.1. The topological polar surface area (TPSA) is 101 Å². The predicted octanol–water partition coefficient (Wildman–Crippen LogP) is 1.12. The van der Waals surface area contributed by atoms with E-state index in [0.717, 1.165) is 0 Å². The second-order valence-corrected chi connectivity index (χ2v) is 7.09. The van der Waals surface area contributed by atoms with Gasteiger partial charge in [-0.3, -0.25) is 9.59 Å². The van der Waals surface area contributed by atoms with Crippen LogP contribution in [0.1, 0.15) is 38.3 Å². The van der Waals surface area contributed by atoms with Crippen LogP contribution >= 0.6 is 0 Å². The Morgan fingerprint density at radius 1 is 0.875 bits per heavy atom. The highest BCUT2D eigenvalue weighted by molar-refractivity contribution is 7.89. The molecule has 2 N–H and O–H groups in total. The Balaban J connectivity index is 2.14. The molecular formula is C17H15NO5S. The molecule has 3 rings (SSSR count). The van der Waals surface area contributed by atoms with Gasteiger partial charge in [0.05, 0.1) is 10.5 Å². The summed E-state index contributed by atoms with van der Waals surface area (Å²) in [6.07, 6.45) is 0.254. The van der Waals surface area contributed by atoms with Crippen molar-refractivity contribution in [3.8, 4) is 0 Å². The first-order chi connectivity index (χ1) is 11.5. The van der Waals surface area contributed by atoms with E-state index < -0.39 is 15.8 Å². The molecule has 124 valence electrons. The van der Waals surface area contributed by atoms with E-state index in [0.29, 0.717) is 0 Å². The van der Waals surface area contributed by atoms with Gasteiger partial charge < -0.3 is 5.11 Å². The van der Waals surface area contributed by atoms with Crippen molar-refractivity contribution in [3.05, 3.63) is 64.7 Å². The SMILES string of the molecule is O=C1c2ccccc2C(=O)c2c1cccc2S(=O)(=O)NCCCO. The van der Waals surface area contributed by atoms with E-state index in [1.807, 2.05) is 0 Å². The molecule has 0 spiro atoms. The molecule has 0 saturated carbocycles. The number of carbonyl (C=O) groups excluding carboxylic acids is 2. The molecule has 0 aromatic heterocycles. The zero-order valence-corrected chi connectivity index (χ0v) is 13.5. The molecule has 7 heteroatoms. The fourth-order valence-corrected chi connectivity index (χ4v) is 4.00. The smallest absolute Gasteiger partial charge is 0.241 e. The molecule has 0 fully saturated rings. The maximum Gasteiger partial charge on any atom is 0.241 e. The fraction of sp³-hybridized carbons (Fsp3) is 0.176. The molecule has 0 heterocycles. The van der Waals surface area contributed by atoms with Crippen LogP contribution in [-0.4, -0.2) is 38.2 Å². The van der Waals surface area contributed by atoms with Gasteiger partial charge >= 0.3 is 0 Å². The van der Waals surface area contributed by atoms with Gasteiger partial charge in [0, 0.05) is 29.8 Å². The highest BCUT2D eigenvalue weighted by Gasteiger charge is 2.34. The molecule has 0 atom stereocenters. The predicted molar refractivity (Wildman–Crippen MR) is 86.6 cm³/mol. The van der Waals surface area contributed by atoms with Crippen LogP contribution < -0.4 is 4.72 Å². The molecule has 2 aromatic carbocycles. The molecule has 0 saturated heterocycles. The van der Waals surface area contributed by atoms with Crippen molar-refractivity contribution in [2.45, 2.75) is 11.3 Å². The number of aliphatic hydroxyl groups excluding tert-OH is 1. The van der Waals surface area contributed by atoms with Crippen LogP contribution in [0.15, 0.2) is 47.4 Å². The van der Waals surface area contributed by atoms with Crippen molar-refractivity contribution >= 4 is 21.6 Å². The number of carbonyl (C=O) groups is 2. The lowest BCUT2D eigenvalue weighted by Gasteiger charge is -2.20. The Labute approximate surface area is 139 Å². The lowest BCUT2D eigenvalue weighted by Crippen LogP contribution is -2.30. The zero-order valence-electron chi connectivity index (χ0n) is 12.7. The summed E-state index contributed by atoms with van der Waals surface area (Å²) in [5.41, 5.74) is 0.465. The molecular weight excluding hydrogens is 330 g/mol. The van der Waals surface area contributed by atoms with E-state index in [9.17, 15) is 18.0 Å². The molecule has 1 aliphatic carbocycles. The summed E-state index contributed by atoms with van der Waals surface area (Å²) in [7, 11) is -3.97. The van der Waals surface area contributed by atoms with Gasteiger partial charge in [0.25, 0.3) is 0 Å². The van der Waals surface area contributed by atoms with Crippen LogP contribution in [0.4, 0.5) is 0 Å². The summed E-state index contributed by atoms with van der Waals surface area (Å²) in [6.45, 7) is -0.110. The number of sulfonamides is 1. The Bertz CT molecular complexity index is 934. The molecule has 1 aliphatic rings. The highest BCUT2D eigenvalue weighted by atomic mass is 32.2. The number of aliphatic hydroxyl groups is 1. The van der Waals surface area contributed by atoms with Crippen molar-refractivity contribution in [2.24, 2.45) is 0 Å². The minimum atomic E-state index is -3.97. The molecule has 0 aliphatic heterocycles. The molecule has 0 bridgehead atoms. The molecule has 0 amide bonds. The average Bonchev–Trinajstić information content (AvgIpc) is 2.59. The van der Waals surface area contributed by atoms with Gasteiger partial charge in [0.2, 0.25) is 10.0 Å². The maximum absolute atomic E-state index is 12.8. The monoisotopic (exact) mass is 345 g/mol. The second kappa shape index (κ2) is 6.27. The van der Waals surface area contributed by atoms with Gasteiger partial charge in [-0.1, -0.05) is 36.4 Å². The standard InChI is InChI=1S/C17H15NO5S/c19-10-4-9-18-24(22,23)14-8-3-7-13-15(14)17(21)12-6-2-1-5-11(12)16(13)20/h1-3,5-8,18-19H,4,9-10H2. The molecule has 0 radical (unpaired) electrons. The number of benzene rings is 2. The highest BCUT2D eigenvalue weighted by Crippen LogP contribution is 2.31. The van der Waals surface area contributed by atoms with Gasteiger partial charge in [-0.05, 0) is 12.5 Å². The van der Waals surface area contributed by atoms with E-state index in [2.05, 4.69) is 4.72 Å². The minimum Gasteiger partial charge on any atom is -0.396 e. The summed E-state index contributed by atoms with van der Waals surface area (Å²) in [6, 6.07) is 10.6. The normalized spacial score (nSPS) is 13.5. The van der Waals surface area contributed by atoms with E-state index >= 15 is 0 Å². The van der Waals surface area contributed by atoms with E-state index in [-0.39, 0.29) is 52.5 Å². The van der Waals surface area contributed by atoms with Crippen molar-refractivity contribution < 1.29 is 23.1 Å². The Morgan fingerprint density at radius 2 is 1.50 bits per heavy atom. The van der Waals surface area contributed by atoms with Crippen LogP contribution in [0, 0.1) is 0 Å². The van der Waals surface area contributed by atoms with E-state index in [1.54, 1.807) is 18.2 Å². The lowest BCUT2D eigenvalue weighted by atomic mass is 9.84. The molecule has 6 nitrogen and oxygen atoms in total. The summed E-state index contributed by atoms with van der Waals surface area (Å²) < 4.78 is 27.3. The van der Waals surface area contributed by atoms with Crippen LogP contribution in [0.2, 0.25) is 0 Å². The fourth-order valence-electron chi connectivity index (χ4n) is 2.70. The first kappa shape index (κ1) is 16.5. The quantitative estimate of drug-likeness (QED) is 0.675. The Hall–Kier alpha value is -2.35. The van der Waals surface area contributed by atoms with Crippen molar-refractivity contribution in [3.63, 3.8) is 0 Å². The van der Waals surface area contributed by atoms with E-state index in [4.69, 9.17) is 5.11 Å². The summed E-state index contributed by atoms with van der Waals surface area (Å²) >= 11 is 0. The van der Waals surface area contributed by atoms with Gasteiger partial charge in [-0.15, -0.1) is 0 Å². The summed E-state index contributed by atoms with van der Waals surface area (Å²) in [5.74, 6) is -0.851. The number of nitrogens with one attached hydrogen (secondary N) is 1. The van der Waals surface area contributed by atoms with Crippen LogP contribution in [0.5, 0.6) is 0 Å². The third kappa shape index (κ3) is 2.66. The van der Waals surface area contributed by atoms with Gasteiger partial charge in [-0.25, -0.2) is 13.1 Å². The molecule has 0 unspecified atom stereocenters. The third-order valence-electron chi connectivity index (χ3n) is 3.83. The second-order valence-electron chi connectivity index (χ2n) is 5.36. The van der Waals surface area contributed by atoms with Crippen molar-refractivity contribution in [1.29, 1.82) is 0 Å². The van der Waals surface area contributed by atoms with Crippen LogP contribution in [-0.2, 0) is 10.0 Å². The summed E-state index contributed by atoms with van der Waals surface area (Å²) in [5, 5.41) is 8.78. The van der Waals surface area contributed by atoms with Gasteiger partial charge in [0.1, 0.15) is 0 Å². The third-order valence-corrected chi connectivity index (χ3v) is 5.33. The number of hydrogen-bond donors (Lipinski definition) is 2. The number of ketones is 2. The number of rotatable bonds is 5. The number of hydrogen-bond acceptors (Lipinski definition) is 5. The first-order valence-electron chi connectivity index (χ1n) is 7.39.